The lowest BCUT2D eigenvalue weighted by molar-refractivity contribution is -0.385. The highest BCUT2D eigenvalue weighted by atomic mass is 79.9. The maximum Gasteiger partial charge on any atom is 0.352 e. The van der Waals surface area contributed by atoms with E-state index in [1.807, 2.05) is 0 Å². The number of benzene rings is 1. The van der Waals surface area contributed by atoms with Gasteiger partial charge in [0, 0.05) is 22.2 Å². The van der Waals surface area contributed by atoms with Gasteiger partial charge in [-0.05, 0) is 18.2 Å². The average molecular weight is 353 g/mol. The van der Waals surface area contributed by atoms with Gasteiger partial charge in [-0.1, -0.05) is 22.0 Å². The second kappa shape index (κ2) is 5.88. The molecule has 0 bridgehead atoms. The molecule has 1 N–H and O–H groups in total. The zero-order valence-corrected chi connectivity index (χ0v) is 12.1. The molecule has 2 aromatic rings. The lowest BCUT2D eigenvalue weighted by Crippen LogP contribution is -2.25. The van der Waals surface area contributed by atoms with Crippen molar-refractivity contribution in [1.82, 2.24) is 4.57 Å². The number of halogens is 1. The van der Waals surface area contributed by atoms with E-state index in [1.54, 1.807) is 6.07 Å². The number of hydrogen-bond acceptors (Lipinski definition) is 4. The zero-order valence-electron chi connectivity index (χ0n) is 10.5. The molecule has 108 valence electrons. The van der Waals surface area contributed by atoms with Crippen molar-refractivity contribution < 1.29 is 14.8 Å². The number of carboxylic acid groups (broad SMARTS) is 1. The van der Waals surface area contributed by atoms with Crippen molar-refractivity contribution >= 4 is 27.6 Å². The van der Waals surface area contributed by atoms with Crippen LogP contribution in [0.1, 0.15) is 16.1 Å². The summed E-state index contributed by atoms with van der Waals surface area (Å²) in [7, 11) is 0. The maximum atomic E-state index is 11.8. The minimum absolute atomic E-state index is 0.184. The normalized spacial score (nSPS) is 10.3. The summed E-state index contributed by atoms with van der Waals surface area (Å²) >= 11 is 3.14. The fourth-order valence-electron chi connectivity index (χ4n) is 1.88. The summed E-state index contributed by atoms with van der Waals surface area (Å²) < 4.78 is 1.51. The van der Waals surface area contributed by atoms with E-state index in [4.69, 9.17) is 5.11 Å². The van der Waals surface area contributed by atoms with E-state index in [2.05, 4.69) is 15.9 Å². The predicted molar refractivity (Wildman–Crippen MR) is 77.6 cm³/mol. The number of carbonyl (C=O) groups is 1. The summed E-state index contributed by atoms with van der Waals surface area (Å²) in [6, 6.07) is 8.19. The van der Waals surface area contributed by atoms with Crippen LogP contribution in [0.5, 0.6) is 0 Å². The second-order valence-corrected chi connectivity index (χ2v) is 5.09. The van der Waals surface area contributed by atoms with Gasteiger partial charge < -0.3 is 5.11 Å². The van der Waals surface area contributed by atoms with E-state index in [0.717, 1.165) is 4.57 Å². The van der Waals surface area contributed by atoms with Crippen LogP contribution in [0.15, 0.2) is 45.7 Å². The summed E-state index contributed by atoms with van der Waals surface area (Å²) in [6.07, 6.45) is 0. The van der Waals surface area contributed by atoms with Crippen molar-refractivity contribution in [3.8, 4) is 0 Å². The third-order valence-corrected chi connectivity index (χ3v) is 3.33. The summed E-state index contributed by atoms with van der Waals surface area (Å²) in [6.45, 7) is -0.190. The molecule has 0 fully saturated rings. The van der Waals surface area contributed by atoms with Gasteiger partial charge >= 0.3 is 5.97 Å². The second-order valence-electron chi connectivity index (χ2n) is 4.17. The Kier molecular flexibility index (Phi) is 4.18. The van der Waals surface area contributed by atoms with Crippen molar-refractivity contribution in [3.05, 3.63) is 72.6 Å². The Morgan fingerprint density at radius 3 is 2.67 bits per heavy atom. The van der Waals surface area contributed by atoms with Gasteiger partial charge in [-0.2, -0.15) is 0 Å². The first-order valence-electron chi connectivity index (χ1n) is 5.76. The number of nitro benzene ring substituents is 1. The molecule has 0 radical (unpaired) electrons. The number of pyridine rings is 1. The van der Waals surface area contributed by atoms with Crippen LogP contribution in [-0.4, -0.2) is 20.6 Å². The van der Waals surface area contributed by atoms with Gasteiger partial charge in [-0.25, -0.2) is 4.79 Å². The molecule has 0 amide bonds. The highest BCUT2D eigenvalue weighted by Crippen LogP contribution is 2.24. The molecule has 0 saturated heterocycles. The third kappa shape index (κ3) is 3.16. The van der Waals surface area contributed by atoms with Crippen LogP contribution >= 0.6 is 15.9 Å². The van der Waals surface area contributed by atoms with Gasteiger partial charge in [0.15, 0.2) is 0 Å². The highest BCUT2D eigenvalue weighted by Gasteiger charge is 2.17. The summed E-state index contributed by atoms with van der Waals surface area (Å²) in [5.41, 5.74) is -0.692. The van der Waals surface area contributed by atoms with Crippen molar-refractivity contribution in [2.24, 2.45) is 0 Å². The molecule has 1 aromatic carbocycles. The van der Waals surface area contributed by atoms with Crippen LogP contribution in [0.2, 0.25) is 0 Å². The van der Waals surface area contributed by atoms with Crippen LogP contribution in [0, 0.1) is 10.1 Å². The third-order valence-electron chi connectivity index (χ3n) is 2.84. The van der Waals surface area contributed by atoms with Gasteiger partial charge in [-0.15, -0.1) is 0 Å². The number of rotatable bonds is 4. The molecule has 0 saturated carbocycles. The largest absolute Gasteiger partial charge is 0.477 e. The van der Waals surface area contributed by atoms with Gasteiger partial charge in [-0.3, -0.25) is 19.5 Å². The zero-order chi connectivity index (χ0) is 15.6. The summed E-state index contributed by atoms with van der Waals surface area (Å²) in [5, 5.41) is 20.1. The summed E-state index contributed by atoms with van der Waals surface area (Å²) in [4.78, 5) is 33.4. The molecule has 21 heavy (non-hydrogen) atoms. The van der Waals surface area contributed by atoms with Crippen LogP contribution in [0.25, 0.3) is 0 Å². The molecule has 0 spiro atoms. The first-order chi connectivity index (χ1) is 9.90. The Bertz CT molecular complexity index is 784. The number of aromatic nitrogens is 1. The van der Waals surface area contributed by atoms with E-state index < -0.39 is 16.5 Å². The predicted octanol–water partition coefficient (Wildman–Crippen LogP) is 2.27. The lowest BCUT2D eigenvalue weighted by atomic mass is 10.1. The van der Waals surface area contributed by atoms with Gasteiger partial charge in [0.05, 0.1) is 11.5 Å². The lowest BCUT2D eigenvalue weighted by Gasteiger charge is -2.10. The highest BCUT2D eigenvalue weighted by molar-refractivity contribution is 9.10. The topological polar surface area (TPSA) is 102 Å². The fraction of sp³-hybridized carbons (Fsp3) is 0.0769. The Morgan fingerprint density at radius 1 is 1.33 bits per heavy atom. The van der Waals surface area contributed by atoms with Crippen LogP contribution in [0.4, 0.5) is 5.69 Å². The Morgan fingerprint density at radius 2 is 2.05 bits per heavy atom. The molecular weight excluding hydrogens is 344 g/mol. The van der Waals surface area contributed by atoms with Crippen molar-refractivity contribution in [2.75, 3.05) is 0 Å². The Labute approximate surface area is 126 Å². The molecule has 1 heterocycles. The van der Waals surface area contributed by atoms with Gasteiger partial charge in [0.25, 0.3) is 11.2 Å². The minimum Gasteiger partial charge on any atom is -0.477 e. The van der Waals surface area contributed by atoms with Crippen molar-refractivity contribution in [1.29, 1.82) is 0 Å². The molecule has 7 nitrogen and oxygen atoms in total. The Balaban J connectivity index is 2.56. The van der Waals surface area contributed by atoms with E-state index >= 15 is 0 Å². The molecular formula is C13H9BrN2O5. The van der Waals surface area contributed by atoms with Gasteiger partial charge in [0.1, 0.15) is 5.69 Å². The number of hydrogen-bond donors (Lipinski definition) is 1. The first-order valence-corrected chi connectivity index (χ1v) is 6.55. The fourth-order valence-corrected chi connectivity index (χ4v) is 2.23. The van der Waals surface area contributed by atoms with E-state index in [0.29, 0.717) is 4.47 Å². The molecule has 2 rings (SSSR count). The summed E-state index contributed by atoms with van der Waals surface area (Å²) in [5.74, 6) is -1.27. The van der Waals surface area contributed by atoms with Crippen molar-refractivity contribution in [2.45, 2.75) is 6.54 Å². The quantitative estimate of drug-likeness (QED) is 0.671. The molecule has 1 aromatic heterocycles. The smallest absolute Gasteiger partial charge is 0.352 e. The van der Waals surface area contributed by atoms with E-state index in [-0.39, 0.29) is 23.5 Å². The van der Waals surface area contributed by atoms with Crippen molar-refractivity contribution in [3.63, 3.8) is 0 Å². The molecule has 0 aliphatic carbocycles. The number of aromatic carboxylic acids is 1. The Hall–Kier alpha value is -2.48. The number of carboxylic acids is 1. The molecule has 8 heteroatoms. The van der Waals surface area contributed by atoms with E-state index in [9.17, 15) is 19.7 Å². The standard InChI is InChI=1S/C13H9BrN2O5/c14-9-5-4-8(11(6-9)16(20)21)7-15-10(13(18)19)2-1-3-12(15)17/h1-6H,7H2,(H,18,19). The molecule has 0 aliphatic rings. The first kappa shape index (κ1) is 14.9. The number of nitrogens with zero attached hydrogens (tertiary/aromatic N) is 2. The monoisotopic (exact) mass is 352 g/mol. The van der Waals surface area contributed by atoms with E-state index in [1.165, 1.54) is 30.3 Å². The minimum atomic E-state index is -1.27. The number of nitro groups is 1. The van der Waals surface area contributed by atoms with Gasteiger partial charge in [0.2, 0.25) is 0 Å². The average Bonchev–Trinajstić information content (AvgIpc) is 2.42. The van der Waals surface area contributed by atoms with Crippen LogP contribution < -0.4 is 5.56 Å². The molecule has 0 atom stereocenters. The van der Waals surface area contributed by atoms with Crippen LogP contribution in [-0.2, 0) is 6.54 Å². The molecule has 0 aliphatic heterocycles. The molecule has 0 unspecified atom stereocenters. The maximum absolute atomic E-state index is 11.8. The van der Waals surface area contributed by atoms with Crippen LogP contribution in [0.3, 0.4) is 0 Å². The SMILES string of the molecule is O=C(O)c1cccc(=O)n1Cc1ccc(Br)cc1[N+](=O)[O-].